The SMILES string of the molecule is CCC1(C(=O)O)CCN(C(=O)c2cc3ccccc3o2)C1. The summed E-state index contributed by atoms with van der Waals surface area (Å²) in [7, 11) is 0. The molecule has 0 aliphatic carbocycles. The molecule has 0 saturated carbocycles. The molecule has 21 heavy (non-hydrogen) atoms. The summed E-state index contributed by atoms with van der Waals surface area (Å²) in [6.45, 7) is 2.55. The highest BCUT2D eigenvalue weighted by atomic mass is 16.4. The second kappa shape index (κ2) is 4.91. The van der Waals surface area contributed by atoms with Crippen molar-refractivity contribution in [2.45, 2.75) is 19.8 Å². The molecule has 1 aliphatic heterocycles. The van der Waals surface area contributed by atoms with Crippen molar-refractivity contribution >= 4 is 22.8 Å². The van der Waals surface area contributed by atoms with E-state index in [1.807, 2.05) is 31.2 Å². The van der Waals surface area contributed by atoms with Crippen LogP contribution in [0.15, 0.2) is 34.7 Å². The van der Waals surface area contributed by atoms with Crippen LogP contribution >= 0.6 is 0 Å². The minimum atomic E-state index is -0.829. The number of aliphatic carboxylic acids is 1. The molecule has 5 nitrogen and oxygen atoms in total. The van der Waals surface area contributed by atoms with Crippen LogP contribution in [0.1, 0.15) is 30.3 Å². The highest BCUT2D eigenvalue weighted by Gasteiger charge is 2.45. The van der Waals surface area contributed by atoms with Crippen LogP contribution in [-0.4, -0.2) is 35.0 Å². The number of benzene rings is 1. The minimum Gasteiger partial charge on any atom is -0.481 e. The summed E-state index contributed by atoms with van der Waals surface area (Å²) < 4.78 is 5.57. The molecule has 1 aliphatic rings. The van der Waals surface area contributed by atoms with Crippen molar-refractivity contribution in [3.63, 3.8) is 0 Å². The van der Waals surface area contributed by atoms with E-state index >= 15 is 0 Å². The Labute approximate surface area is 122 Å². The third kappa shape index (κ3) is 2.18. The van der Waals surface area contributed by atoms with Crippen LogP contribution in [0.25, 0.3) is 11.0 Å². The van der Waals surface area contributed by atoms with Crippen LogP contribution in [0.5, 0.6) is 0 Å². The van der Waals surface area contributed by atoms with Gasteiger partial charge in [0.1, 0.15) is 5.58 Å². The second-order valence-electron chi connectivity index (χ2n) is 5.56. The summed E-state index contributed by atoms with van der Waals surface area (Å²) in [6.07, 6.45) is 1.01. The number of para-hydroxylation sites is 1. The van der Waals surface area contributed by atoms with E-state index in [2.05, 4.69) is 0 Å². The second-order valence-corrected chi connectivity index (χ2v) is 5.56. The number of carbonyl (C=O) groups is 2. The fourth-order valence-electron chi connectivity index (χ4n) is 2.90. The summed E-state index contributed by atoms with van der Waals surface area (Å²) in [5, 5.41) is 10.3. The fraction of sp³-hybridized carbons (Fsp3) is 0.375. The molecule has 1 N–H and O–H groups in total. The highest BCUT2D eigenvalue weighted by Crippen LogP contribution is 2.35. The number of furan rings is 1. The average Bonchev–Trinajstić information content (AvgIpc) is 3.11. The van der Waals surface area contributed by atoms with Gasteiger partial charge in [0.05, 0.1) is 5.41 Å². The van der Waals surface area contributed by atoms with Crippen molar-refractivity contribution in [1.29, 1.82) is 0 Å². The Bertz CT molecular complexity index is 672. The predicted molar refractivity (Wildman–Crippen MR) is 77.1 cm³/mol. The van der Waals surface area contributed by atoms with E-state index in [9.17, 15) is 14.7 Å². The predicted octanol–water partition coefficient (Wildman–Crippen LogP) is 2.76. The number of amides is 1. The Morgan fingerprint density at radius 2 is 2.14 bits per heavy atom. The molecule has 1 fully saturated rings. The van der Waals surface area contributed by atoms with Gasteiger partial charge in [-0.25, -0.2) is 0 Å². The van der Waals surface area contributed by atoms with Crippen LogP contribution in [0, 0.1) is 5.41 Å². The Hall–Kier alpha value is -2.30. The largest absolute Gasteiger partial charge is 0.481 e. The van der Waals surface area contributed by atoms with Gasteiger partial charge in [0.2, 0.25) is 0 Å². The zero-order valence-corrected chi connectivity index (χ0v) is 11.8. The van der Waals surface area contributed by atoms with Crippen LogP contribution in [0.4, 0.5) is 0 Å². The van der Waals surface area contributed by atoms with Gasteiger partial charge < -0.3 is 14.4 Å². The maximum Gasteiger partial charge on any atom is 0.311 e. The van der Waals surface area contributed by atoms with Crippen molar-refractivity contribution in [3.8, 4) is 0 Å². The lowest BCUT2D eigenvalue weighted by Crippen LogP contribution is -2.36. The molecule has 1 unspecified atom stereocenters. The van der Waals surface area contributed by atoms with Gasteiger partial charge in [0.25, 0.3) is 5.91 Å². The number of likely N-dealkylation sites (tertiary alicyclic amines) is 1. The monoisotopic (exact) mass is 287 g/mol. The Morgan fingerprint density at radius 3 is 2.76 bits per heavy atom. The van der Waals surface area contributed by atoms with E-state index < -0.39 is 11.4 Å². The fourth-order valence-corrected chi connectivity index (χ4v) is 2.90. The maximum absolute atomic E-state index is 12.5. The number of carbonyl (C=O) groups excluding carboxylic acids is 1. The van der Waals surface area contributed by atoms with Gasteiger partial charge in [-0.2, -0.15) is 0 Å². The number of hydrogen-bond donors (Lipinski definition) is 1. The average molecular weight is 287 g/mol. The van der Waals surface area contributed by atoms with E-state index in [0.29, 0.717) is 25.0 Å². The normalized spacial score (nSPS) is 21.9. The summed E-state index contributed by atoms with van der Waals surface area (Å²) in [5.41, 5.74) is -0.151. The van der Waals surface area contributed by atoms with E-state index in [4.69, 9.17) is 4.42 Å². The summed E-state index contributed by atoms with van der Waals surface area (Å²) in [5.74, 6) is -0.791. The lowest BCUT2D eigenvalue weighted by Gasteiger charge is -2.22. The number of carboxylic acids is 1. The van der Waals surface area contributed by atoms with Gasteiger partial charge >= 0.3 is 5.97 Å². The number of fused-ring (bicyclic) bond motifs is 1. The molecule has 1 amide bonds. The number of carboxylic acid groups (broad SMARTS) is 1. The molecule has 1 aromatic heterocycles. The first kappa shape index (κ1) is 13.7. The molecule has 0 spiro atoms. The third-order valence-corrected chi connectivity index (χ3v) is 4.41. The van der Waals surface area contributed by atoms with Crippen molar-refractivity contribution in [1.82, 2.24) is 4.90 Å². The maximum atomic E-state index is 12.5. The molecule has 5 heteroatoms. The molecule has 3 rings (SSSR count). The standard InChI is InChI=1S/C16H17NO4/c1-2-16(15(19)20)7-8-17(10-16)14(18)13-9-11-5-3-4-6-12(11)21-13/h3-6,9H,2,7-8,10H2,1H3,(H,19,20). The van der Waals surface area contributed by atoms with Crippen molar-refractivity contribution in [3.05, 3.63) is 36.1 Å². The van der Waals surface area contributed by atoms with E-state index in [0.717, 1.165) is 5.39 Å². The van der Waals surface area contributed by atoms with Crippen molar-refractivity contribution in [2.24, 2.45) is 5.41 Å². The van der Waals surface area contributed by atoms with E-state index in [-0.39, 0.29) is 18.2 Å². The molecule has 1 saturated heterocycles. The Balaban J connectivity index is 1.85. The molecular weight excluding hydrogens is 270 g/mol. The molecular formula is C16H17NO4. The zero-order chi connectivity index (χ0) is 15.0. The van der Waals surface area contributed by atoms with Crippen LogP contribution in [0.2, 0.25) is 0 Å². The summed E-state index contributed by atoms with van der Waals surface area (Å²) in [4.78, 5) is 25.5. The van der Waals surface area contributed by atoms with Gasteiger partial charge in [-0.15, -0.1) is 0 Å². The van der Waals surface area contributed by atoms with Gasteiger partial charge in [0, 0.05) is 18.5 Å². The van der Waals surface area contributed by atoms with Crippen molar-refractivity contribution in [2.75, 3.05) is 13.1 Å². The topological polar surface area (TPSA) is 70.8 Å². The van der Waals surface area contributed by atoms with Gasteiger partial charge in [-0.1, -0.05) is 25.1 Å². The summed E-state index contributed by atoms with van der Waals surface area (Å²) >= 11 is 0. The van der Waals surface area contributed by atoms with Crippen LogP contribution in [-0.2, 0) is 4.79 Å². The number of nitrogens with zero attached hydrogens (tertiary/aromatic N) is 1. The van der Waals surface area contributed by atoms with Crippen LogP contribution in [0.3, 0.4) is 0 Å². The lowest BCUT2D eigenvalue weighted by molar-refractivity contribution is -0.148. The molecule has 2 aromatic rings. The highest BCUT2D eigenvalue weighted by molar-refractivity contribution is 5.96. The van der Waals surface area contributed by atoms with Gasteiger partial charge in [-0.3, -0.25) is 9.59 Å². The van der Waals surface area contributed by atoms with E-state index in [1.165, 1.54) is 0 Å². The van der Waals surface area contributed by atoms with E-state index in [1.54, 1.807) is 11.0 Å². The number of rotatable bonds is 3. The third-order valence-electron chi connectivity index (χ3n) is 4.41. The summed E-state index contributed by atoms with van der Waals surface area (Å²) in [6, 6.07) is 9.14. The zero-order valence-electron chi connectivity index (χ0n) is 11.8. The first-order chi connectivity index (χ1) is 10.1. The first-order valence-corrected chi connectivity index (χ1v) is 7.07. The molecule has 0 radical (unpaired) electrons. The molecule has 0 bridgehead atoms. The van der Waals surface area contributed by atoms with Crippen LogP contribution < -0.4 is 0 Å². The van der Waals surface area contributed by atoms with Gasteiger partial charge in [0.15, 0.2) is 5.76 Å². The Morgan fingerprint density at radius 1 is 1.38 bits per heavy atom. The van der Waals surface area contributed by atoms with Crippen molar-refractivity contribution < 1.29 is 19.1 Å². The first-order valence-electron chi connectivity index (χ1n) is 7.07. The number of hydrogen-bond acceptors (Lipinski definition) is 3. The Kier molecular flexibility index (Phi) is 3.20. The molecule has 1 atom stereocenters. The quantitative estimate of drug-likeness (QED) is 0.942. The molecule has 1 aromatic carbocycles. The molecule has 2 heterocycles. The minimum absolute atomic E-state index is 0.234. The van der Waals surface area contributed by atoms with Gasteiger partial charge in [-0.05, 0) is 25.0 Å². The smallest absolute Gasteiger partial charge is 0.311 e. The lowest BCUT2D eigenvalue weighted by atomic mass is 9.84. The molecule has 110 valence electrons.